The summed E-state index contributed by atoms with van der Waals surface area (Å²) in [4.78, 5) is 8.69. The molecule has 0 spiro atoms. The van der Waals surface area contributed by atoms with Crippen LogP contribution in [0.15, 0.2) is 42.9 Å². The van der Waals surface area contributed by atoms with Crippen LogP contribution in [-0.2, 0) is 6.54 Å². The molecule has 3 nitrogen and oxygen atoms in total. The molecule has 0 aliphatic rings. The Morgan fingerprint density at radius 3 is 2.58 bits per heavy atom. The van der Waals surface area contributed by atoms with Gasteiger partial charge in [-0.3, -0.25) is 9.97 Å². The Hall–Kier alpha value is -2.10. The molecule has 0 amide bonds. The minimum atomic E-state index is 0.609. The zero-order valence-corrected chi connectivity index (χ0v) is 14.9. The van der Waals surface area contributed by atoms with E-state index < -0.39 is 0 Å². The molecule has 0 fully saturated rings. The largest absolute Gasteiger partial charge is 0.339 e. The van der Waals surface area contributed by atoms with Gasteiger partial charge in [0.1, 0.15) is 0 Å². The molecule has 120 valence electrons. The van der Waals surface area contributed by atoms with Gasteiger partial charge in [0.15, 0.2) is 0 Å². The standard InChI is InChI=1S/C19H15Cl2N3/c1-3-24-18-11(2)23-5-4-15(18)17-8-13(20)7-16(19(17)24)12-6-14(21)10-22-9-12/h4-10H,3H2,1-2H3. The number of nitrogens with zero attached hydrogens (tertiary/aromatic N) is 3. The van der Waals surface area contributed by atoms with Gasteiger partial charge in [-0.05, 0) is 38.1 Å². The normalized spacial score (nSPS) is 11.5. The molecule has 4 aromatic rings. The van der Waals surface area contributed by atoms with Crippen LogP contribution in [0.4, 0.5) is 0 Å². The van der Waals surface area contributed by atoms with Gasteiger partial charge >= 0.3 is 0 Å². The summed E-state index contributed by atoms with van der Waals surface area (Å²) in [5.41, 5.74) is 5.28. The molecule has 0 saturated carbocycles. The van der Waals surface area contributed by atoms with Crippen LogP contribution in [0.1, 0.15) is 12.6 Å². The van der Waals surface area contributed by atoms with E-state index in [1.165, 1.54) is 0 Å². The van der Waals surface area contributed by atoms with Crippen molar-refractivity contribution in [1.29, 1.82) is 0 Å². The van der Waals surface area contributed by atoms with E-state index in [2.05, 4.69) is 21.5 Å². The zero-order valence-electron chi connectivity index (χ0n) is 13.3. The highest BCUT2D eigenvalue weighted by molar-refractivity contribution is 6.33. The fourth-order valence-electron chi connectivity index (χ4n) is 3.42. The van der Waals surface area contributed by atoms with E-state index in [1.807, 2.05) is 43.6 Å². The topological polar surface area (TPSA) is 30.7 Å². The predicted octanol–water partition coefficient (Wildman–Crippen LogP) is 5.89. The third-order valence-corrected chi connectivity index (χ3v) is 4.77. The molecule has 0 saturated heterocycles. The van der Waals surface area contributed by atoms with Crippen LogP contribution >= 0.6 is 23.2 Å². The third-order valence-electron chi connectivity index (χ3n) is 4.34. The second-order valence-electron chi connectivity index (χ2n) is 5.78. The first kappa shape index (κ1) is 15.4. The molecule has 3 heterocycles. The molecule has 5 heteroatoms. The first-order chi connectivity index (χ1) is 11.6. The third kappa shape index (κ3) is 2.27. The number of benzene rings is 1. The Labute approximate surface area is 149 Å². The van der Waals surface area contributed by atoms with E-state index >= 15 is 0 Å². The van der Waals surface area contributed by atoms with E-state index in [4.69, 9.17) is 23.2 Å². The number of halogens is 2. The number of hydrogen-bond acceptors (Lipinski definition) is 2. The smallest absolute Gasteiger partial charge is 0.0707 e. The summed E-state index contributed by atoms with van der Waals surface area (Å²) < 4.78 is 2.29. The van der Waals surface area contributed by atoms with Crippen LogP contribution in [0.3, 0.4) is 0 Å². The van der Waals surface area contributed by atoms with Crippen molar-refractivity contribution in [2.45, 2.75) is 20.4 Å². The average molecular weight is 356 g/mol. The highest BCUT2D eigenvalue weighted by Crippen LogP contribution is 2.39. The second-order valence-corrected chi connectivity index (χ2v) is 6.65. The highest BCUT2D eigenvalue weighted by atomic mass is 35.5. The summed E-state index contributed by atoms with van der Waals surface area (Å²) in [5, 5.41) is 3.60. The number of aryl methyl sites for hydroxylation is 2. The summed E-state index contributed by atoms with van der Waals surface area (Å²) in [6.07, 6.45) is 5.30. The molecular formula is C19H15Cl2N3. The second kappa shape index (κ2) is 5.76. The van der Waals surface area contributed by atoms with Crippen LogP contribution in [0.2, 0.25) is 10.0 Å². The number of hydrogen-bond donors (Lipinski definition) is 0. The number of fused-ring (bicyclic) bond motifs is 3. The Kier molecular flexibility index (Phi) is 3.70. The number of rotatable bonds is 2. The Morgan fingerprint density at radius 2 is 1.83 bits per heavy atom. The minimum absolute atomic E-state index is 0.609. The lowest BCUT2D eigenvalue weighted by Crippen LogP contribution is -1.97. The molecule has 3 aromatic heterocycles. The summed E-state index contributed by atoms with van der Waals surface area (Å²) in [6.45, 7) is 5.02. The van der Waals surface area contributed by atoms with Gasteiger partial charge < -0.3 is 4.57 Å². The maximum atomic E-state index is 6.43. The molecule has 0 radical (unpaired) electrons. The van der Waals surface area contributed by atoms with E-state index in [0.29, 0.717) is 10.0 Å². The van der Waals surface area contributed by atoms with Gasteiger partial charge in [-0.15, -0.1) is 0 Å². The molecule has 24 heavy (non-hydrogen) atoms. The summed E-state index contributed by atoms with van der Waals surface area (Å²) in [6, 6.07) is 7.97. The molecule has 0 bridgehead atoms. The molecule has 0 unspecified atom stereocenters. The lowest BCUT2D eigenvalue weighted by Gasteiger charge is -2.10. The Bertz CT molecular complexity index is 1080. The fourth-order valence-corrected chi connectivity index (χ4v) is 3.81. The summed E-state index contributed by atoms with van der Waals surface area (Å²) in [7, 11) is 0. The highest BCUT2D eigenvalue weighted by Gasteiger charge is 2.17. The van der Waals surface area contributed by atoms with Crippen molar-refractivity contribution in [2.24, 2.45) is 0 Å². The van der Waals surface area contributed by atoms with Gasteiger partial charge in [-0.1, -0.05) is 23.2 Å². The molecule has 0 aliphatic heterocycles. The molecule has 0 N–H and O–H groups in total. The van der Waals surface area contributed by atoms with Crippen LogP contribution < -0.4 is 0 Å². The Morgan fingerprint density at radius 1 is 1.00 bits per heavy atom. The van der Waals surface area contributed by atoms with Crippen LogP contribution in [-0.4, -0.2) is 14.5 Å². The monoisotopic (exact) mass is 355 g/mol. The first-order valence-corrected chi connectivity index (χ1v) is 8.53. The van der Waals surface area contributed by atoms with E-state index in [-0.39, 0.29) is 0 Å². The van der Waals surface area contributed by atoms with Crippen molar-refractivity contribution >= 4 is 45.0 Å². The van der Waals surface area contributed by atoms with Crippen molar-refractivity contribution in [1.82, 2.24) is 14.5 Å². The molecule has 4 rings (SSSR count). The average Bonchev–Trinajstić information content (AvgIpc) is 2.89. The molecular weight excluding hydrogens is 341 g/mol. The summed E-state index contributed by atoms with van der Waals surface area (Å²) in [5.74, 6) is 0. The van der Waals surface area contributed by atoms with Gasteiger partial charge in [0, 0.05) is 52.1 Å². The maximum Gasteiger partial charge on any atom is 0.0707 e. The lowest BCUT2D eigenvalue weighted by molar-refractivity contribution is 0.822. The fraction of sp³-hybridized carbons (Fsp3) is 0.158. The van der Waals surface area contributed by atoms with Gasteiger partial charge in [0.25, 0.3) is 0 Å². The maximum absolute atomic E-state index is 6.43. The quantitative estimate of drug-likeness (QED) is 0.449. The SMILES string of the molecule is CCn1c2c(-c3cncc(Cl)c3)cc(Cl)cc2c2ccnc(C)c21. The van der Waals surface area contributed by atoms with Crippen molar-refractivity contribution in [3.8, 4) is 11.1 Å². The molecule has 0 aliphatic carbocycles. The molecule has 0 atom stereocenters. The van der Waals surface area contributed by atoms with E-state index in [9.17, 15) is 0 Å². The van der Waals surface area contributed by atoms with Crippen LogP contribution in [0.25, 0.3) is 32.9 Å². The van der Waals surface area contributed by atoms with Crippen molar-refractivity contribution in [3.05, 3.63) is 58.6 Å². The number of aromatic nitrogens is 3. The van der Waals surface area contributed by atoms with Gasteiger partial charge in [-0.2, -0.15) is 0 Å². The lowest BCUT2D eigenvalue weighted by atomic mass is 10.0. The van der Waals surface area contributed by atoms with Gasteiger partial charge in [0.05, 0.1) is 21.7 Å². The van der Waals surface area contributed by atoms with Crippen LogP contribution in [0.5, 0.6) is 0 Å². The molecule has 1 aromatic carbocycles. The van der Waals surface area contributed by atoms with Crippen molar-refractivity contribution in [2.75, 3.05) is 0 Å². The van der Waals surface area contributed by atoms with Gasteiger partial charge in [-0.25, -0.2) is 0 Å². The predicted molar refractivity (Wildman–Crippen MR) is 101 cm³/mol. The first-order valence-electron chi connectivity index (χ1n) is 7.78. The summed E-state index contributed by atoms with van der Waals surface area (Å²) >= 11 is 12.6. The van der Waals surface area contributed by atoms with E-state index in [0.717, 1.165) is 45.2 Å². The van der Waals surface area contributed by atoms with Crippen molar-refractivity contribution in [3.63, 3.8) is 0 Å². The van der Waals surface area contributed by atoms with Crippen LogP contribution in [0, 0.1) is 6.92 Å². The zero-order chi connectivity index (χ0) is 16.8. The van der Waals surface area contributed by atoms with E-state index in [1.54, 1.807) is 6.20 Å². The Balaban J connectivity index is 2.23. The van der Waals surface area contributed by atoms with Crippen molar-refractivity contribution < 1.29 is 0 Å². The number of pyridine rings is 2. The van der Waals surface area contributed by atoms with Gasteiger partial charge in [0.2, 0.25) is 0 Å². The minimum Gasteiger partial charge on any atom is -0.339 e.